The first-order valence-corrected chi connectivity index (χ1v) is 7.14. The molecule has 6 heteroatoms. The maximum absolute atomic E-state index is 12.4. The van der Waals surface area contributed by atoms with Crippen LogP contribution in [0.5, 0.6) is 5.75 Å². The van der Waals surface area contributed by atoms with Gasteiger partial charge in [-0.3, -0.25) is 9.59 Å². The van der Waals surface area contributed by atoms with E-state index >= 15 is 0 Å². The van der Waals surface area contributed by atoms with Gasteiger partial charge in [-0.2, -0.15) is 0 Å². The molecule has 1 aromatic rings. The molecule has 0 bridgehead atoms. The molecule has 2 amide bonds. The molecule has 0 aliphatic carbocycles. The Balaban J connectivity index is 2.89. The molecule has 0 fully saturated rings. The Morgan fingerprint density at radius 1 is 1.27 bits per heavy atom. The lowest BCUT2D eigenvalue weighted by Gasteiger charge is -2.29. The zero-order chi connectivity index (χ0) is 16.5. The zero-order valence-corrected chi connectivity index (χ0v) is 13.6. The number of rotatable bonds is 8. The van der Waals surface area contributed by atoms with Gasteiger partial charge in [-0.05, 0) is 13.0 Å². The molecular weight excluding hydrogens is 284 g/mol. The molecule has 0 aliphatic heterocycles. The van der Waals surface area contributed by atoms with Gasteiger partial charge in [0.05, 0.1) is 26.3 Å². The number of para-hydroxylation sites is 1. The number of nitrogens with one attached hydrogen (secondary N) is 1. The van der Waals surface area contributed by atoms with Crippen LogP contribution in [0, 0.1) is 0 Å². The second kappa shape index (κ2) is 9.04. The van der Waals surface area contributed by atoms with Crippen molar-refractivity contribution in [3.63, 3.8) is 0 Å². The SMILES string of the molecule is COC[C@@H](C)N(Cc1ccccc1OC)C(=O)CNC(C)=O. The van der Waals surface area contributed by atoms with E-state index in [1.807, 2.05) is 31.2 Å². The van der Waals surface area contributed by atoms with E-state index in [9.17, 15) is 9.59 Å². The van der Waals surface area contributed by atoms with Gasteiger partial charge in [0, 0.05) is 26.1 Å². The van der Waals surface area contributed by atoms with Crippen molar-refractivity contribution in [2.45, 2.75) is 26.4 Å². The highest BCUT2D eigenvalue weighted by Gasteiger charge is 2.21. The van der Waals surface area contributed by atoms with E-state index in [-0.39, 0.29) is 24.4 Å². The average Bonchev–Trinajstić information content (AvgIpc) is 2.50. The molecule has 0 spiro atoms. The highest BCUT2D eigenvalue weighted by Crippen LogP contribution is 2.20. The number of nitrogens with zero attached hydrogens (tertiary/aromatic N) is 1. The third-order valence-electron chi connectivity index (χ3n) is 3.28. The number of carbonyl (C=O) groups is 2. The van der Waals surface area contributed by atoms with E-state index in [1.165, 1.54) is 6.92 Å². The topological polar surface area (TPSA) is 67.9 Å². The molecule has 1 rings (SSSR count). The fourth-order valence-corrected chi connectivity index (χ4v) is 2.14. The quantitative estimate of drug-likeness (QED) is 0.783. The molecule has 0 radical (unpaired) electrons. The molecule has 1 aromatic carbocycles. The average molecular weight is 308 g/mol. The van der Waals surface area contributed by atoms with E-state index in [4.69, 9.17) is 9.47 Å². The van der Waals surface area contributed by atoms with Crippen molar-refractivity contribution in [1.82, 2.24) is 10.2 Å². The summed E-state index contributed by atoms with van der Waals surface area (Å²) in [6.45, 7) is 4.08. The van der Waals surface area contributed by atoms with E-state index in [1.54, 1.807) is 19.1 Å². The summed E-state index contributed by atoms with van der Waals surface area (Å²) in [5, 5.41) is 2.53. The minimum Gasteiger partial charge on any atom is -0.496 e. The first kappa shape index (κ1) is 18.0. The number of hydrogen-bond acceptors (Lipinski definition) is 4. The number of hydrogen-bond donors (Lipinski definition) is 1. The van der Waals surface area contributed by atoms with Crippen LogP contribution in [0.2, 0.25) is 0 Å². The van der Waals surface area contributed by atoms with Gasteiger partial charge < -0.3 is 19.7 Å². The summed E-state index contributed by atoms with van der Waals surface area (Å²) in [5.74, 6) is 0.333. The molecule has 0 saturated carbocycles. The predicted octanol–water partition coefficient (Wildman–Crippen LogP) is 1.19. The molecular formula is C16H24N2O4. The Bertz CT molecular complexity index is 505. The Hall–Kier alpha value is -2.08. The van der Waals surface area contributed by atoms with E-state index < -0.39 is 0 Å². The first-order chi connectivity index (χ1) is 10.5. The molecule has 0 unspecified atom stereocenters. The Kier molecular flexibility index (Phi) is 7.39. The van der Waals surface area contributed by atoms with E-state index in [0.717, 1.165) is 11.3 Å². The van der Waals surface area contributed by atoms with Crippen molar-refractivity contribution in [3.05, 3.63) is 29.8 Å². The maximum atomic E-state index is 12.4. The zero-order valence-electron chi connectivity index (χ0n) is 13.6. The molecule has 0 aromatic heterocycles. The summed E-state index contributed by atoms with van der Waals surface area (Å²) in [6.07, 6.45) is 0. The smallest absolute Gasteiger partial charge is 0.242 e. The van der Waals surface area contributed by atoms with Crippen molar-refractivity contribution >= 4 is 11.8 Å². The van der Waals surface area contributed by atoms with Gasteiger partial charge in [-0.25, -0.2) is 0 Å². The van der Waals surface area contributed by atoms with Crippen LogP contribution in [-0.2, 0) is 20.9 Å². The fraction of sp³-hybridized carbons (Fsp3) is 0.500. The molecule has 0 saturated heterocycles. The van der Waals surface area contributed by atoms with Crippen LogP contribution >= 0.6 is 0 Å². The largest absolute Gasteiger partial charge is 0.496 e. The van der Waals surface area contributed by atoms with Crippen LogP contribution in [0.3, 0.4) is 0 Å². The molecule has 122 valence electrons. The highest BCUT2D eigenvalue weighted by atomic mass is 16.5. The number of benzene rings is 1. The number of ether oxygens (including phenoxy) is 2. The number of carbonyl (C=O) groups excluding carboxylic acids is 2. The lowest BCUT2D eigenvalue weighted by molar-refractivity contribution is -0.135. The summed E-state index contributed by atoms with van der Waals surface area (Å²) in [6, 6.07) is 7.43. The third-order valence-corrected chi connectivity index (χ3v) is 3.28. The van der Waals surface area contributed by atoms with Crippen molar-refractivity contribution in [1.29, 1.82) is 0 Å². The van der Waals surface area contributed by atoms with Gasteiger partial charge >= 0.3 is 0 Å². The number of methoxy groups -OCH3 is 2. The van der Waals surface area contributed by atoms with Crippen molar-refractivity contribution in [2.24, 2.45) is 0 Å². The fourth-order valence-electron chi connectivity index (χ4n) is 2.14. The van der Waals surface area contributed by atoms with Gasteiger partial charge in [0.15, 0.2) is 0 Å². The Labute approximate surface area is 131 Å². The van der Waals surface area contributed by atoms with E-state index in [2.05, 4.69) is 5.32 Å². The summed E-state index contributed by atoms with van der Waals surface area (Å²) in [4.78, 5) is 25.1. The molecule has 6 nitrogen and oxygen atoms in total. The number of amides is 2. The lowest BCUT2D eigenvalue weighted by atomic mass is 10.1. The molecule has 1 N–H and O–H groups in total. The Morgan fingerprint density at radius 3 is 2.55 bits per heavy atom. The molecule has 0 heterocycles. The van der Waals surface area contributed by atoms with Crippen LogP contribution in [0.4, 0.5) is 0 Å². The summed E-state index contributed by atoms with van der Waals surface area (Å²) < 4.78 is 10.5. The van der Waals surface area contributed by atoms with Gasteiger partial charge in [-0.15, -0.1) is 0 Å². The maximum Gasteiger partial charge on any atom is 0.242 e. The standard InChI is InChI=1S/C16H24N2O4/c1-12(11-21-3)18(16(20)9-17-13(2)19)10-14-7-5-6-8-15(14)22-4/h5-8,12H,9-11H2,1-4H3,(H,17,19)/t12-/m1/s1. The second-order valence-electron chi connectivity index (χ2n) is 5.05. The Morgan fingerprint density at radius 2 is 1.95 bits per heavy atom. The first-order valence-electron chi connectivity index (χ1n) is 7.14. The normalized spacial score (nSPS) is 11.6. The summed E-state index contributed by atoms with van der Waals surface area (Å²) in [7, 11) is 3.19. The monoisotopic (exact) mass is 308 g/mol. The van der Waals surface area contributed by atoms with Crippen molar-refractivity contribution in [3.8, 4) is 5.75 Å². The van der Waals surface area contributed by atoms with Gasteiger partial charge in [-0.1, -0.05) is 18.2 Å². The van der Waals surface area contributed by atoms with Gasteiger partial charge in [0.1, 0.15) is 5.75 Å². The van der Waals surface area contributed by atoms with Gasteiger partial charge in [0.2, 0.25) is 11.8 Å². The third kappa shape index (κ3) is 5.37. The van der Waals surface area contributed by atoms with Crippen LogP contribution in [-0.4, -0.2) is 50.1 Å². The molecule has 1 atom stereocenters. The van der Waals surface area contributed by atoms with Gasteiger partial charge in [0.25, 0.3) is 0 Å². The van der Waals surface area contributed by atoms with Crippen molar-refractivity contribution < 1.29 is 19.1 Å². The van der Waals surface area contributed by atoms with Crippen LogP contribution in [0.15, 0.2) is 24.3 Å². The minimum absolute atomic E-state index is 0.0292. The summed E-state index contributed by atoms with van der Waals surface area (Å²) in [5.41, 5.74) is 0.907. The molecule has 0 aliphatic rings. The van der Waals surface area contributed by atoms with Crippen LogP contribution < -0.4 is 10.1 Å². The second-order valence-corrected chi connectivity index (χ2v) is 5.05. The van der Waals surface area contributed by atoms with Crippen LogP contribution in [0.1, 0.15) is 19.4 Å². The minimum atomic E-state index is -0.231. The van der Waals surface area contributed by atoms with Crippen LogP contribution in [0.25, 0.3) is 0 Å². The molecule has 22 heavy (non-hydrogen) atoms. The lowest BCUT2D eigenvalue weighted by Crippen LogP contribution is -2.45. The summed E-state index contributed by atoms with van der Waals surface area (Å²) >= 11 is 0. The highest BCUT2D eigenvalue weighted by molar-refractivity contribution is 5.83. The van der Waals surface area contributed by atoms with E-state index in [0.29, 0.717) is 13.2 Å². The predicted molar refractivity (Wildman–Crippen MR) is 83.6 cm³/mol. The van der Waals surface area contributed by atoms with Crippen molar-refractivity contribution in [2.75, 3.05) is 27.4 Å².